The average molecular weight is 443 g/mol. The molecule has 1 aromatic heterocycles. The minimum atomic E-state index is -0.520. The van der Waals surface area contributed by atoms with Crippen LogP contribution in [0.5, 0.6) is 0 Å². The Morgan fingerprint density at radius 1 is 1.16 bits per heavy atom. The second-order valence-electron chi connectivity index (χ2n) is 6.31. The quantitative estimate of drug-likeness (QED) is 0.431. The van der Waals surface area contributed by atoms with Gasteiger partial charge in [0.25, 0.3) is 5.91 Å². The Balaban J connectivity index is 1.39. The number of aromatic nitrogens is 2. The summed E-state index contributed by atoms with van der Waals surface area (Å²) in [7, 11) is 1.42. The lowest BCUT2D eigenvalue weighted by Crippen LogP contribution is -2.31. The van der Waals surface area contributed by atoms with Gasteiger partial charge in [-0.25, -0.2) is 4.79 Å². The number of hydrogen-bond donors (Lipinski definition) is 4. The topological polar surface area (TPSA) is 142 Å². The lowest BCUT2D eigenvalue weighted by molar-refractivity contribution is 0.0945. The Labute approximate surface area is 182 Å². The highest BCUT2D eigenvalue weighted by molar-refractivity contribution is 8.04. The molecule has 0 atom stereocenters. The van der Waals surface area contributed by atoms with Crippen LogP contribution in [0.25, 0.3) is 0 Å². The number of carbonyl (C=O) groups excluding carboxylic acids is 4. The number of rotatable bonds is 9. The predicted molar refractivity (Wildman–Crippen MR) is 115 cm³/mol. The molecule has 0 aliphatic heterocycles. The van der Waals surface area contributed by atoms with Crippen molar-refractivity contribution in [1.82, 2.24) is 20.8 Å². The number of allylic oxidation sites excluding steroid dienone is 2. The van der Waals surface area contributed by atoms with Crippen LogP contribution in [-0.2, 0) is 4.74 Å². The molecule has 10 nitrogen and oxygen atoms in total. The third-order valence-electron chi connectivity index (χ3n) is 4.22. The molecule has 3 amide bonds. The number of benzene rings is 1. The number of ketones is 2. The van der Waals surface area contributed by atoms with Crippen molar-refractivity contribution in [3.63, 3.8) is 0 Å². The molecule has 3 rings (SSSR count). The normalized spacial score (nSPS) is 12.7. The smallest absolute Gasteiger partial charge is 0.319 e. The molecule has 31 heavy (non-hydrogen) atoms. The number of aromatic amines is 1. The summed E-state index contributed by atoms with van der Waals surface area (Å²) in [6.07, 6.45) is 1.22. The molecule has 1 aliphatic rings. The summed E-state index contributed by atoms with van der Waals surface area (Å²) in [6.45, 7) is 0.921. The van der Waals surface area contributed by atoms with E-state index in [0.29, 0.717) is 31.2 Å². The van der Waals surface area contributed by atoms with Gasteiger partial charge < -0.3 is 20.7 Å². The third-order valence-corrected chi connectivity index (χ3v) is 5.20. The van der Waals surface area contributed by atoms with Gasteiger partial charge in [0.05, 0.1) is 23.7 Å². The standard InChI is InChI=1S/C20H21N5O5S/c1-21-19(28)17-15-16(24-25-17)13(26)11-14(18(15)27)31-10-9-30-8-7-22-20(29)23-12-5-3-2-4-6-12/h2-6,11H,7-10H2,1H3,(H,21,28)(H,24,25)(H2,22,23,29). The Morgan fingerprint density at radius 3 is 2.68 bits per heavy atom. The van der Waals surface area contributed by atoms with Gasteiger partial charge in [0.1, 0.15) is 11.4 Å². The fourth-order valence-corrected chi connectivity index (χ4v) is 3.60. The van der Waals surface area contributed by atoms with Crippen molar-refractivity contribution in [2.24, 2.45) is 0 Å². The summed E-state index contributed by atoms with van der Waals surface area (Å²) in [5.74, 6) is -0.957. The van der Waals surface area contributed by atoms with E-state index < -0.39 is 17.5 Å². The van der Waals surface area contributed by atoms with E-state index in [2.05, 4.69) is 26.1 Å². The van der Waals surface area contributed by atoms with Crippen molar-refractivity contribution in [3.05, 3.63) is 58.3 Å². The minimum absolute atomic E-state index is 0.0103. The molecule has 2 aromatic rings. The van der Waals surface area contributed by atoms with Crippen LogP contribution in [0.2, 0.25) is 0 Å². The van der Waals surface area contributed by atoms with Crippen LogP contribution < -0.4 is 16.0 Å². The maximum absolute atomic E-state index is 12.7. The molecule has 4 N–H and O–H groups in total. The van der Waals surface area contributed by atoms with Gasteiger partial charge in [-0.05, 0) is 12.1 Å². The zero-order chi connectivity index (χ0) is 22.2. The zero-order valence-electron chi connectivity index (χ0n) is 16.7. The number of nitrogens with zero attached hydrogens (tertiary/aromatic N) is 1. The second kappa shape index (κ2) is 10.5. The summed E-state index contributed by atoms with van der Waals surface area (Å²) in [5, 5.41) is 14.0. The van der Waals surface area contributed by atoms with Crippen LogP contribution >= 0.6 is 11.8 Å². The number of ether oxygens (including phenoxy) is 1. The molecule has 0 spiro atoms. The maximum Gasteiger partial charge on any atom is 0.319 e. The van der Waals surface area contributed by atoms with Crippen molar-refractivity contribution in [2.45, 2.75) is 0 Å². The number of thioether (sulfide) groups is 1. The number of amides is 3. The molecule has 1 aliphatic carbocycles. The lowest BCUT2D eigenvalue weighted by atomic mass is 9.99. The molecule has 11 heteroatoms. The second-order valence-corrected chi connectivity index (χ2v) is 7.45. The summed E-state index contributed by atoms with van der Waals surface area (Å²) in [6, 6.07) is 8.74. The molecule has 0 fully saturated rings. The zero-order valence-corrected chi connectivity index (χ0v) is 17.5. The Bertz CT molecular complexity index is 1020. The van der Waals surface area contributed by atoms with E-state index >= 15 is 0 Å². The molecule has 1 aromatic carbocycles. The highest BCUT2D eigenvalue weighted by Gasteiger charge is 2.33. The Hall–Kier alpha value is -3.44. The first kappa shape index (κ1) is 22.2. The van der Waals surface area contributed by atoms with Gasteiger partial charge in [0.2, 0.25) is 11.6 Å². The summed E-state index contributed by atoms with van der Waals surface area (Å²) in [5.41, 5.74) is 0.601. The van der Waals surface area contributed by atoms with Gasteiger partial charge in [-0.15, -0.1) is 11.8 Å². The molecular weight excluding hydrogens is 422 g/mol. The van der Waals surface area contributed by atoms with E-state index in [4.69, 9.17) is 4.74 Å². The maximum atomic E-state index is 12.7. The number of fused-ring (bicyclic) bond motifs is 1. The van der Waals surface area contributed by atoms with Gasteiger partial charge >= 0.3 is 6.03 Å². The molecule has 0 saturated heterocycles. The van der Waals surface area contributed by atoms with E-state index in [9.17, 15) is 19.2 Å². The molecule has 0 saturated carbocycles. The number of para-hydroxylation sites is 1. The van der Waals surface area contributed by atoms with E-state index in [0.717, 1.165) is 11.8 Å². The number of anilines is 1. The van der Waals surface area contributed by atoms with E-state index in [-0.39, 0.29) is 27.9 Å². The number of nitrogens with one attached hydrogen (secondary N) is 4. The predicted octanol–water partition coefficient (Wildman–Crippen LogP) is 1.60. The molecule has 0 bridgehead atoms. The molecule has 1 heterocycles. The Morgan fingerprint density at radius 2 is 1.94 bits per heavy atom. The molecule has 0 unspecified atom stereocenters. The van der Waals surface area contributed by atoms with Gasteiger partial charge in [-0.1, -0.05) is 18.2 Å². The monoisotopic (exact) mass is 443 g/mol. The summed E-state index contributed by atoms with van der Waals surface area (Å²) >= 11 is 1.16. The van der Waals surface area contributed by atoms with Crippen molar-refractivity contribution in [2.75, 3.05) is 37.9 Å². The van der Waals surface area contributed by atoms with Gasteiger partial charge in [-0.3, -0.25) is 19.5 Å². The number of Topliss-reactive ketones (excluding diaryl/α,β-unsaturated/α-hetero) is 1. The van der Waals surface area contributed by atoms with E-state index in [1.54, 1.807) is 12.1 Å². The van der Waals surface area contributed by atoms with Crippen LogP contribution in [0, 0.1) is 0 Å². The van der Waals surface area contributed by atoms with Gasteiger partial charge in [0.15, 0.2) is 0 Å². The van der Waals surface area contributed by atoms with E-state index in [1.165, 1.54) is 13.1 Å². The van der Waals surface area contributed by atoms with Crippen LogP contribution in [0.15, 0.2) is 41.3 Å². The largest absolute Gasteiger partial charge is 0.379 e. The summed E-state index contributed by atoms with van der Waals surface area (Å²) < 4.78 is 5.45. The molecule has 162 valence electrons. The first-order chi connectivity index (χ1) is 15.0. The number of hydrogen-bond acceptors (Lipinski definition) is 7. The van der Waals surface area contributed by atoms with E-state index in [1.807, 2.05) is 18.2 Å². The highest BCUT2D eigenvalue weighted by Crippen LogP contribution is 2.29. The van der Waals surface area contributed by atoms with Crippen molar-refractivity contribution < 1.29 is 23.9 Å². The van der Waals surface area contributed by atoms with Crippen molar-refractivity contribution in [3.8, 4) is 0 Å². The van der Waals surface area contributed by atoms with Gasteiger partial charge in [-0.2, -0.15) is 5.10 Å². The third kappa shape index (κ3) is 5.58. The Kier molecular flexibility index (Phi) is 7.57. The van der Waals surface area contributed by atoms with Crippen molar-refractivity contribution in [1.29, 1.82) is 0 Å². The lowest BCUT2D eigenvalue weighted by Gasteiger charge is -2.12. The first-order valence-electron chi connectivity index (χ1n) is 9.43. The fourth-order valence-electron chi connectivity index (χ4n) is 2.76. The fraction of sp³-hybridized carbons (Fsp3) is 0.250. The van der Waals surface area contributed by atoms with Crippen LogP contribution in [0.3, 0.4) is 0 Å². The molecular formula is C20H21N5O5S. The SMILES string of the molecule is CNC(=O)c1[nH]nc2c1C(=O)C(SCCOCCNC(=O)Nc1ccccc1)=CC2=O. The number of carbonyl (C=O) groups is 4. The average Bonchev–Trinajstić information content (AvgIpc) is 3.22. The highest BCUT2D eigenvalue weighted by atomic mass is 32.2. The minimum Gasteiger partial charge on any atom is -0.379 e. The van der Waals surface area contributed by atoms with Crippen LogP contribution in [-0.4, -0.2) is 66.3 Å². The number of H-pyrrole nitrogens is 1. The van der Waals surface area contributed by atoms with Crippen LogP contribution in [0.1, 0.15) is 31.3 Å². The number of urea groups is 1. The molecule has 0 radical (unpaired) electrons. The van der Waals surface area contributed by atoms with Gasteiger partial charge in [0, 0.05) is 31.1 Å². The summed E-state index contributed by atoms with van der Waals surface area (Å²) in [4.78, 5) is 48.8. The first-order valence-corrected chi connectivity index (χ1v) is 10.4. The van der Waals surface area contributed by atoms with Crippen molar-refractivity contribution >= 4 is 41.0 Å². The van der Waals surface area contributed by atoms with Crippen LogP contribution in [0.4, 0.5) is 10.5 Å².